The Bertz CT molecular complexity index is 502. The molecule has 1 amide bonds. The van der Waals surface area contributed by atoms with Crippen LogP contribution in [0, 0.1) is 5.41 Å². The number of fused-ring (bicyclic) bond motifs is 1. The quantitative estimate of drug-likeness (QED) is 0.644. The Kier molecular flexibility index (Phi) is 5.89. The molecule has 2 fully saturated rings. The van der Waals surface area contributed by atoms with Gasteiger partial charge in [0.25, 0.3) is 0 Å². The van der Waals surface area contributed by atoms with Gasteiger partial charge in [0, 0.05) is 31.6 Å². The third-order valence-corrected chi connectivity index (χ3v) is 4.43. The molecule has 24 heavy (non-hydrogen) atoms. The predicted octanol–water partition coefficient (Wildman–Crippen LogP) is 1.52. The Morgan fingerprint density at radius 2 is 2.12 bits per heavy atom. The minimum atomic E-state index is -0.451. The molecule has 0 aromatic heterocycles. The van der Waals surface area contributed by atoms with Crippen LogP contribution >= 0.6 is 24.0 Å². The van der Waals surface area contributed by atoms with E-state index in [0.717, 1.165) is 38.8 Å². The van der Waals surface area contributed by atoms with E-state index in [1.54, 1.807) is 4.90 Å². The first-order valence-electron chi connectivity index (χ1n) is 8.36. The number of aliphatic imine (C=N–C) groups is 1. The standard InChI is InChI=1S/C16H28N4O3.HI/c1-15(2,3)23-14(21)19-5-6-20-12(8-19)7-17-13(20)18-9-16(4)10-22-11-16;/h12H,5-11H2,1-4H3,(H,17,18);1H. The highest BCUT2D eigenvalue weighted by atomic mass is 127. The number of carbonyl (C=O) groups excluding carboxylic acids is 1. The van der Waals surface area contributed by atoms with Crippen molar-refractivity contribution in [1.29, 1.82) is 0 Å². The molecule has 3 aliphatic rings. The van der Waals surface area contributed by atoms with Gasteiger partial charge >= 0.3 is 6.09 Å². The average Bonchev–Trinajstić information content (AvgIpc) is 2.83. The fourth-order valence-electron chi connectivity index (χ4n) is 3.07. The minimum Gasteiger partial charge on any atom is -0.444 e. The molecule has 3 rings (SSSR count). The van der Waals surface area contributed by atoms with Crippen LogP contribution in [0.3, 0.4) is 0 Å². The molecule has 0 aromatic carbocycles. The highest BCUT2D eigenvalue weighted by Gasteiger charge is 2.38. The number of rotatable bonds is 2. The molecule has 7 nitrogen and oxygen atoms in total. The lowest BCUT2D eigenvalue weighted by atomic mass is 9.89. The van der Waals surface area contributed by atoms with Crippen LogP contribution in [-0.2, 0) is 9.47 Å². The van der Waals surface area contributed by atoms with Crippen LogP contribution < -0.4 is 5.32 Å². The SMILES string of the molecule is CC1(CNC2=NCC3CN(C(=O)OC(C)(C)C)CCN23)COC1.I. The lowest BCUT2D eigenvalue weighted by Crippen LogP contribution is -2.59. The molecule has 3 heterocycles. The summed E-state index contributed by atoms with van der Waals surface area (Å²) in [6.45, 7) is 13.3. The van der Waals surface area contributed by atoms with Crippen LogP contribution in [-0.4, -0.2) is 79.4 Å². The second-order valence-electron chi connectivity index (χ2n) is 8.09. The van der Waals surface area contributed by atoms with E-state index in [0.29, 0.717) is 13.1 Å². The summed E-state index contributed by atoms with van der Waals surface area (Å²) in [4.78, 5) is 20.9. The maximum absolute atomic E-state index is 12.2. The van der Waals surface area contributed by atoms with Crippen molar-refractivity contribution >= 4 is 36.0 Å². The summed E-state index contributed by atoms with van der Waals surface area (Å²) in [5.74, 6) is 0.965. The highest BCUT2D eigenvalue weighted by Crippen LogP contribution is 2.26. The van der Waals surface area contributed by atoms with Crippen molar-refractivity contribution in [2.24, 2.45) is 10.4 Å². The van der Waals surface area contributed by atoms with Crippen molar-refractivity contribution < 1.29 is 14.3 Å². The maximum atomic E-state index is 12.2. The first-order valence-corrected chi connectivity index (χ1v) is 8.36. The molecular formula is C16H29IN4O3. The normalized spacial score (nSPS) is 25.2. The molecule has 0 saturated carbocycles. The Labute approximate surface area is 161 Å². The van der Waals surface area contributed by atoms with Crippen LogP contribution in [0.2, 0.25) is 0 Å². The Balaban J connectivity index is 0.00000208. The van der Waals surface area contributed by atoms with Crippen LogP contribution in [0.4, 0.5) is 4.79 Å². The second kappa shape index (κ2) is 7.23. The topological polar surface area (TPSA) is 66.4 Å². The van der Waals surface area contributed by atoms with Crippen LogP contribution in [0.1, 0.15) is 27.7 Å². The number of nitrogens with one attached hydrogen (secondary N) is 1. The van der Waals surface area contributed by atoms with E-state index in [2.05, 4.69) is 22.1 Å². The molecule has 2 saturated heterocycles. The van der Waals surface area contributed by atoms with Gasteiger partial charge in [0.2, 0.25) is 0 Å². The molecule has 0 spiro atoms. The minimum absolute atomic E-state index is 0. The first kappa shape index (κ1) is 19.6. The summed E-state index contributed by atoms with van der Waals surface area (Å²) in [6, 6.07) is 0.254. The Morgan fingerprint density at radius 3 is 2.71 bits per heavy atom. The van der Waals surface area contributed by atoms with Gasteiger partial charge in [-0.2, -0.15) is 0 Å². The number of nitrogens with zero attached hydrogens (tertiary/aromatic N) is 3. The molecule has 0 radical (unpaired) electrons. The summed E-state index contributed by atoms with van der Waals surface area (Å²) in [7, 11) is 0. The summed E-state index contributed by atoms with van der Waals surface area (Å²) in [6.07, 6.45) is -0.224. The van der Waals surface area contributed by atoms with Crippen LogP contribution in [0.25, 0.3) is 0 Å². The zero-order valence-electron chi connectivity index (χ0n) is 15.0. The van der Waals surface area contributed by atoms with Gasteiger partial charge in [-0.15, -0.1) is 24.0 Å². The lowest BCUT2D eigenvalue weighted by Gasteiger charge is -2.41. The van der Waals surface area contributed by atoms with Crippen molar-refractivity contribution in [1.82, 2.24) is 15.1 Å². The fraction of sp³-hybridized carbons (Fsp3) is 0.875. The van der Waals surface area contributed by atoms with Crippen molar-refractivity contribution in [2.75, 3.05) is 45.9 Å². The lowest BCUT2D eigenvalue weighted by molar-refractivity contribution is -0.0973. The number of halogens is 1. The van der Waals surface area contributed by atoms with E-state index >= 15 is 0 Å². The van der Waals surface area contributed by atoms with Crippen LogP contribution in [0.5, 0.6) is 0 Å². The van der Waals surface area contributed by atoms with E-state index in [9.17, 15) is 4.79 Å². The zero-order chi connectivity index (χ0) is 16.7. The fourth-order valence-corrected chi connectivity index (χ4v) is 3.07. The van der Waals surface area contributed by atoms with Gasteiger partial charge in [0.1, 0.15) is 5.60 Å². The number of piperazine rings is 1. The molecule has 1 N–H and O–H groups in total. The molecular weight excluding hydrogens is 423 g/mol. The van der Waals surface area contributed by atoms with Crippen molar-refractivity contribution in [3.63, 3.8) is 0 Å². The molecule has 0 aliphatic carbocycles. The van der Waals surface area contributed by atoms with Gasteiger partial charge in [-0.3, -0.25) is 4.99 Å². The number of guanidine groups is 1. The third-order valence-electron chi connectivity index (χ3n) is 4.43. The summed E-state index contributed by atoms with van der Waals surface area (Å²) in [5, 5.41) is 3.47. The van der Waals surface area contributed by atoms with E-state index < -0.39 is 5.60 Å². The van der Waals surface area contributed by atoms with Gasteiger partial charge in [-0.25, -0.2) is 4.79 Å². The zero-order valence-corrected chi connectivity index (χ0v) is 17.3. The molecule has 3 aliphatic heterocycles. The first-order chi connectivity index (χ1) is 10.8. The Hall–Kier alpha value is -0.770. The molecule has 1 atom stereocenters. The van der Waals surface area contributed by atoms with E-state index in [1.165, 1.54) is 0 Å². The van der Waals surface area contributed by atoms with E-state index in [1.807, 2.05) is 20.8 Å². The van der Waals surface area contributed by atoms with Crippen molar-refractivity contribution in [3.8, 4) is 0 Å². The number of amides is 1. The summed E-state index contributed by atoms with van der Waals surface area (Å²) >= 11 is 0. The van der Waals surface area contributed by atoms with Gasteiger partial charge < -0.3 is 24.6 Å². The highest BCUT2D eigenvalue weighted by molar-refractivity contribution is 14.0. The average molecular weight is 452 g/mol. The largest absolute Gasteiger partial charge is 0.444 e. The number of hydrogen-bond donors (Lipinski definition) is 1. The van der Waals surface area contributed by atoms with Crippen LogP contribution in [0.15, 0.2) is 4.99 Å². The maximum Gasteiger partial charge on any atom is 0.410 e. The number of ether oxygens (including phenoxy) is 2. The smallest absolute Gasteiger partial charge is 0.410 e. The predicted molar refractivity (Wildman–Crippen MR) is 103 cm³/mol. The molecule has 1 unspecified atom stereocenters. The van der Waals surface area contributed by atoms with Gasteiger partial charge in [0.05, 0.1) is 25.8 Å². The van der Waals surface area contributed by atoms with Gasteiger partial charge in [-0.05, 0) is 20.8 Å². The van der Waals surface area contributed by atoms with Crippen molar-refractivity contribution in [2.45, 2.75) is 39.3 Å². The summed E-state index contributed by atoms with van der Waals surface area (Å²) in [5.41, 5.74) is -0.230. The monoisotopic (exact) mass is 452 g/mol. The Morgan fingerprint density at radius 1 is 1.42 bits per heavy atom. The molecule has 138 valence electrons. The van der Waals surface area contributed by atoms with E-state index in [-0.39, 0.29) is 41.5 Å². The van der Waals surface area contributed by atoms with Crippen molar-refractivity contribution in [3.05, 3.63) is 0 Å². The number of carbonyl (C=O) groups is 1. The molecule has 0 aromatic rings. The third kappa shape index (κ3) is 4.44. The van der Waals surface area contributed by atoms with E-state index in [4.69, 9.17) is 9.47 Å². The van der Waals surface area contributed by atoms with Gasteiger partial charge in [-0.1, -0.05) is 6.92 Å². The molecule has 8 heteroatoms. The van der Waals surface area contributed by atoms with Gasteiger partial charge in [0.15, 0.2) is 5.96 Å². The summed E-state index contributed by atoms with van der Waals surface area (Å²) < 4.78 is 10.8. The second-order valence-corrected chi connectivity index (χ2v) is 8.09. The molecule has 0 bridgehead atoms. The number of hydrogen-bond acceptors (Lipinski definition) is 6.